The van der Waals surface area contributed by atoms with Crippen molar-refractivity contribution in [1.82, 2.24) is 5.32 Å². The van der Waals surface area contributed by atoms with Crippen molar-refractivity contribution >= 4 is 23.8 Å². The second kappa shape index (κ2) is 12.4. The van der Waals surface area contributed by atoms with E-state index in [2.05, 4.69) is 19.2 Å². The maximum atomic E-state index is 13.2. The number of hydrogen-bond donors (Lipinski definition) is 4. The van der Waals surface area contributed by atoms with Crippen molar-refractivity contribution in [3.05, 3.63) is 0 Å². The number of amides is 2. The van der Waals surface area contributed by atoms with Gasteiger partial charge in [-0.05, 0) is 69.6 Å². The van der Waals surface area contributed by atoms with Crippen molar-refractivity contribution in [2.75, 3.05) is 0 Å². The first kappa shape index (κ1) is 27.1. The molecule has 2 aliphatic carbocycles. The first-order valence-electron chi connectivity index (χ1n) is 12.5. The molecular formula is C25H42N2O6. The Balaban J connectivity index is 2.10. The number of carboxylic acid groups (broad SMARTS) is 2. The van der Waals surface area contributed by atoms with Crippen LogP contribution < -0.4 is 11.1 Å². The van der Waals surface area contributed by atoms with Crippen LogP contribution in [0.4, 0.5) is 0 Å². The van der Waals surface area contributed by atoms with E-state index in [-0.39, 0.29) is 37.6 Å². The SMILES string of the molecule is CC1(C)CCCC(NC(=O)C2CCCC(C(N)=O)CC(C(=O)O)CCC(C(=O)O)C2)CCC1. The minimum Gasteiger partial charge on any atom is -0.481 e. The van der Waals surface area contributed by atoms with Gasteiger partial charge in [-0.2, -0.15) is 0 Å². The van der Waals surface area contributed by atoms with Crippen molar-refractivity contribution in [2.24, 2.45) is 34.8 Å². The molecule has 8 heteroatoms. The molecule has 0 saturated heterocycles. The maximum absolute atomic E-state index is 13.2. The molecule has 5 N–H and O–H groups in total. The van der Waals surface area contributed by atoms with Gasteiger partial charge in [0.05, 0.1) is 11.8 Å². The summed E-state index contributed by atoms with van der Waals surface area (Å²) in [4.78, 5) is 48.7. The van der Waals surface area contributed by atoms with E-state index in [1.54, 1.807) is 0 Å². The fraction of sp³-hybridized carbons (Fsp3) is 0.840. The van der Waals surface area contributed by atoms with Crippen molar-refractivity contribution in [2.45, 2.75) is 103 Å². The topological polar surface area (TPSA) is 147 Å². The highest BCUT2D eigenvalue weighted by Gasteiger charge is 2.33. The van der Waals surface area contributed by atoms with Crippen LogP contribution in [0.3, 0.4) is 0 Å². The predicted octanol–water partition coefficient (Wildman–Crippen LogP) is 3.72. The van der Waals surface area contributed by atoms with Gasteiger partial charge in [0.15, 0.2) is 0 Å². The van der Waals surface area contributed by atoms with E-state index in [1.165, 1.54) is 0 Å². The third kappa shape index (κ3) is 8.97. The standard InChI is InChI=1S/C25H42N2O6/c1-25(2)12-4-8-20(9-5-13-25)27-22(29)17-7-3-6-16(21(26)28)14-18(23(30)31)10-11-19(15-17)24(32)33/h16-20H,3-15H2,1-2H3,(H2,26,28)(H,27,29)(H,30,31)(H,32,33). The molecule has 2 aliphatic rings. The molecule has 0 aromatic carbocycles. The zero-order valence-electron chi connectivity index (χ0n) is 20.2. The van der Waals surface area contributed by atoms with Crippen LogP contribution in [0.5, 0.6) is 0 Å². The van der Waals surface area contributed by atoms with Crippen LogP contribution in [0.15, 0.2) is 0 Å². The third-order valence-electron chi connectivity index (χ3n) is 7.74. The Kier molecular flexibility index (Phi) is 10.2. The molecule has 2 fully saturated rings. The minimum absolute atomic E-state index is 0.102. The van der Waals surface area contributed by atoms with Gasteiger partial charge >= 0.3 is 11.9 Å². The summed E-state index contributed by atoms with van der Waals surface area (Å²) in [6, 6.07) is 0.102. The van der Waals surface area contributed by atoms with Gasteiger partial charge in [0.1, 0.15) is 0 Å². The zero-order chi connectivity index (χ0) is 24.6. The lowest BCUT2D eigenvalue weighted by molar-refractivity contribution is -0.146. The maximum Gasteiger partial charge on any atom is 0.306 e. The molecule has 0 aromatic rings. The summed E-state index contributed by atoms with van der Waals surface area (Å²) in [6.07, 6.45) is 8.26. The molecule has 0 bridgehead atoms. The molecular weight excluding hydrogens is 424 g/mol. The Morgan fingerprint density at radius 1 is 0.727 bits per heavy atom. The van der Waals surface area contributed by atoms with E-state index in [9.17, 15) is 29.4 Å². The molecule has 2 rings (SSSR count). The Morgan fingerprint density at radius 2 is 1.21 bits per heavy atom. The average molecular weight is 467 g/mol. The average Bonchev–Trinajstić information content (AvgIpc) is 2.74. The highest BCUT2D eigenvalue weighted by atomic mass is 16.4. The quantitative estimate of drug-likeness (QED) is 0.485. The molecule has 0 aliphatic heterocycles. The molecule has 2 amide bonds. The number of aliphatic carboxylic acids is 2. The number of nitrogens with one attached hydrogen (secondary N) is 1. The Morgan fingerprint density at radius 3 is 1.70 bits per heavy atom. The van der Waals surface area contributed by atoms with Crippen molar-refractivity contribution in [3.63, 3.8) is 0 Å². The van der Waals surface area contributed by atoms with Gasteiger partial charge in [-0.15, -0.1) is 0 Å². The molecule has 0 heterocycles. The number of nitrogens with two attached hydrogens (primary N) is 1. The summed E-state index contributed by atoms with van der Waals surface area (Å²) in [6.45, 7) is 4.57. The van der Waals surface area contributed by atoms with Crippen LogP contribution >= 0.6 is 0 Å². The lowest BCUT2D eigenvalue weighted by Gasteiger charge is -2.31. The smallest absolute Gasteiger partial charge is 0.306 e. The highest BCUT2D eigenvalue weighted by Crippen LogP contribution is 2.34. The van der Waals surface area contributed by atoms with E-state index in [4.69, 9.17) is 5.73 Å². The summed E-state index contributed by atoms with van der Waals surface area (Å²) >= 11 is 0. The number of carbonyl (C=O) groups is 4. The first-order valence-corrected chi connectivity index (χ1v) is 12.5. The normalized spacial score (nSPS) is 30.1. The molecule has 0 spiro atoms. The van der Waals surface area contributed by atoms with Gasteiger partial charge in [0.2, 0.25) is 11.8 Å². The number of primary amides is 1. The van der Waals surface area contributed by atoms with E-state index in [0.717, 1.165) is 38.5 Å². The molecule has 0 aromatic heterocycles. The fourth-order valence-corrected chi connectivity index (χ4v) is 5.50. The minimum atomic E-state index is -1.04. The van der Waals surface area contributed by atoms with Gasteiger partial charge in [-0.1, -0.05) is 33.1 Å². The van der Waals surface area contributed by atoms with Gasteiger partial charge in [0, 0.05) is 17.9 Å². The molecule has 33 heavy (non-hydrogen) atoms. The van der Waals surface area contributed by atoms with Crippen LogP contribution in [0.25, 0.3) is 0 Å². The Labute approximate surface area is 197 Å². The van der Waals surface area contributed by atoms with Gasteiger partial charge in [0.25, 0.3) is 0 Å². The van der Waals surface area contributed by atoms with E-state index in [0.29, 0.717) is 24.7 Å². The molecule has 0 radical (unpaired) electrons. The summed E-state index contributed by atoms with van der Waals surface area (Å²) < 4.78 is 0. The number of carboxylic acids is 2. The van der Waals surface area contributed by atoms with Crippen LogP contribution in [0, 0.1) is 29.1 Å². The molecule has 4 unspecified atom stereocenters. The summed E-state index contributed by atoms with van der Waals surface area (Å²) in [7, 11) is 0. The third-order valence-corrected chi connectivity index (χ3v) is 7.74. The van der Waals surface area contributed by atoms with Gasteiger partial charge < -0.3 is 21.3 Å². The number of rotatable bonds is 5. The zero-order valence-corrected chi connectivity index (χ0v) is 20.2. The monoisotopic (exact) mass is 466 g/mol. The summed E-state index contributed by atoms with van der Waals surface area (Å²) in [5.74, 6) is -5.33. The van der Waals surface area contributed by atoms with Gasteiger partial charge in [-0.3, -0.25) is 19.2 Å². The lowest BCUT2D eigenvalue weighted by Crippen LogP contribution is -2.41. The van der Waals surface area contributed by atoms with Crippen LogP contribution in [0.2, 0.25) is 0 Å². The molecule has 8 nitrogen and oxygen atoms in total. The Bertz CT molecular complexity index is 695. The Hall–Kier alpha value is -2.12. The summed E-state index contributed by atoms with van der Waals surface area (Å²) in [5, 5.41) is 22.5. The van der Waals surface area contributed by atoms with Crippen LogP contribution in [-0.4, -0.2) is 40.0 Å². The fourth-order valence-electron chi connectivity index (χ4n) is 5.50. The highest BCUT2D eigenvalue weighted by molar-refractivity contribution is 5.80. The predicted molar refractivity (Wildman–Crippen MR) is 124 cm³/mol. The van der Waals surface area contributed by atoms with E-state index >= 15 is 0 Å². The van der Waals surface area contributed by atoms with E-state index < -0.39 is 41.5 Å². The molecule has 188 valence electrons. The molecule has 2 saturated carbocycles. The largest absolute Gasteiger partial charge is 0.481 e. The van der Waals surface area contributed by atoms with Crippen molar-refractivity contribution in [3.8, 4) is 0 Å². The second-order valence-electron chi connectivity index (χ2n) is 11.0. The van der Waals surface area contributed by atoms with Crippen LogP contribution in [0.1, 0.15) is 97.3 Å². The van der Waals surface area contributed by atoms with E-state index in [1.807, 2.05) is 0 Å². The number of carbonyl (C=O) groups excluding carboxylic acids is 2. The molecule has 4 atom stereocenters. The van der Waals surface area contributed by atoms with Crippen LogP contribution in [-0.2, 0) is 19.2 Å². The lowest BCUT2D eigenvalue weighted by atomic mass is 9.78. The second-order valence-corrected chi connectivity index (χ2v) is 11.0. The first-order chi connectivity index (χ1) is 15.5. The van der Waals surface area contributed by atoms with Crippen molar-refractivity contribution in [1.29, 1.82) is 0 Å². The van der Waals surface area contributed by atoms with Crippen molar-refractivity contribution < 1.29 is 29.4 Å². The summed E-state index contributed by atoms with van der Waals surface area (Å²) in [5.41, 5.74) is 5.85. The van der Waals surface area contributed by atoms with Gasteiger partial charge in [-0.25, -0.2) is 0 Å². The number of hydrogen-bond acceptors (Lipinski definition) is 4.